The second-order valence-electron chi connectivity index (χ2n) is 16.2. The number of ether oxygens (including phenoxy) is 4. The van der Waals surface area contributed by atoms with Gasteiger partial charge in [0, 0.05) is 25.1 Å². The summed E-state index contributed by atoms with van der Waals surface area (Å²) in [5.74, 6) is 1.36. The average Bonchev–Trinajstić information content (AvgIpc) is 4.05. The molecule has 2 aromatic heterocycles. The number of carbonyl (C=O) groups is 1. The number of aromatic nitrogens is 5. The van der Waals surface area contributed by atoms with Gasteiger partial charge in [-0.05, 0) is 81.6 Å². The Morgan fingerprint density at radius 1 is 0.778 bits per heavy atom. The zero-order valence-corrected chi connectivity index (χ0v) is 41.4. The molecule has 1 unspecified atom stereocenters. The van der Waals surface area contributed by atoms with E-state index in [1.54, 1.807) is 121 Å². The topological polar surface area (TPSA) is 264 Å². The van der Waals surface area contributed by atoms with Crippen LogP contribution in [0.25, 0.3) is 32.7 Å². The van der Waals surface area contributed by atoms with Gasteiger partial charge in [0.25, 0.3) is 0 Å². The number of primary amides is 1. The van der Waals surface area contributed by atoms with E-state index in [9.17, 15) is 15.2 Å². The molecular formula is C50H47N9O10S3. The molecule has 2 heterocycles. The largest absolute Gasteiger partial charge is 0.497 e. The first-order chi connectivity index (χ1) is 34.7. The molecule has 19 nitrogen and oxygen atoms in total. The minimum Gasteiger partial charge on any atom is -0.497 e. The number of thiazole rings is 1. The standard InChI is InChI=1S/C50H47N9O10S3/c1-66-36-18-12-33(13-19-36)28-58(29-34-14-20-37(67-2)21-15-34)72(64,65)48-44(71(62,63)56-41(31-69-50(52)61)42(60)26-32-8-5-4-6-9-32)25-24-39(40-10-7-11-43-47(40)53-45(27-51)70-43)46(48)49-54-57-59(55-49)30-35-16-22-38(68-3)23-17-35/h4-25,41-42,56,60H,26,28-31H2,1-3H3,(H2,52,61)/t41-,42?/m0/s1. The van der Waals surface area contributed by atoms with Gasteiger partial charge in [0.2, 0.25) is 25.9 Å². The Balaban J connectivity index is 1.39. The van der Waals surface area contributed by atoms with Crippen LogP contribution in [0.15, 0.2) is 143 Å². The van der Waals surface area contributed by atoms with Crippen molar-refractivity contribution >= 4 is 47.7 Å². The van der Waals surface area contributed by atoms with E-state index in [0.29, 0.717) is 49.7 Å². The number of hydrogen-bond acceptors (Lipinski definition) is 16. The summed E-state index contributed by atoms with van der Waals surface area (Å²) in [7, 11) is -5.68. The van der Waals surface area contributed by atoms with E-state index in [0.717, 1.165) is 27.3 Å². The normalized spacial score (nSPS) is 12.6. The lowest BCUT2D eigenvalue weighted by atomic mass is 9.98. The Hall–Kier alpha value is -7.78. The van der Waals surface area contributed by atoms with Gasteiger partial charge < -0.3 is 29.8 Å². The SMILES string of the molecule is COc1ccc(CN(Cc2ccc(OC)cc2)S(=O)(=O)c2c(S(=O)(=O)N[C@@H](COC(N)=O)C(O)Cc3ccccc3)ccc(-c3cccc4sc(C#N)nc34)c2-c2nnn(Cc3ccc(OC)cc3)n2)cc1. The Kier molecular flexibility index (Phi) is 15.5. The van der Waals surface area contributed by atoms with Crippen molar-refractivity contribution in [3.63, 3.8) is 0 Å². The number of tetrazole rings is 1. The summed E-state index contributed by atoms with van der Waals surface area (Å²) in [4.78, 5) is 16.2. The molecule has 0 radical (unpaired) electrons. The van der Waals surface area contributed by atoms with Crippen molar-refractivity contribution in [2.45, 2.75) is 48.0 Å². The third-order valence-electron chi connectivity index (χ3n) is 11.5. The number of nitrogens with one attached hydrogen (secondary N) is 1. The van der Waals surface area contributed by atoms with Crippen LogP contribution in [0.5, 0.6) is 17.2 Å². The highest BCUT2D eigenvalue weighted by atomic mass is 32.2. The fourth-order valence-electron chi connectivity index (χ4n) is 7.88. The van der Waals surface area contributed by atoms with Gasteiger partial charge in [-0.1, -0.05) is 84.9 Å². The van der Waals surface area contributed by atoms with Crippen molar-refractivity contribution in [1.29, 1.82) is 5.26 Å². The molecule has 1 amide bonds. The van der Waals surface area contributed by atoms with E-state index in [1.165, 1.54) is 32.2 Å². The van der Waals surface area contributed by atoms with Crippen LogP contribution in [0.2, 0.25) is 0 Å². The fraction of sp³-hybridized carbons (Fsp3) is 0.200. The van der Waals surface area contributed by atoms with Gasteiger partial charge >= 0.3 is 6.09 Å². The minimum atomic E-state index is -5.11. The number of fused-ring (bicyclic) bond motifs is 1. The molecule has 0 saturated carbocycles. The molecule has 0 fully saturated rings. The van der Waals surface area contributed by atoms with Crippen molar-refractivity contribution < 1.29 is 45.7 Å². The number of methoxy groups -OCH3 is 3. The first-order valence-electron chi connectivity index (χ1n) is 22.0. The molecule has 4 N–H and O–H groups in total. The maximum absolute atomic E-state index is 16.3. The smallest absolute Gasteiger partial charge is 0.404 e. The van der Waals surface area contributed by atoms with Crippen LogP contribution in [-0.4, -0.2) is 97.6 Å². The summed E-state index contributed by atoms with van der Waals surface area (Å²) >= 11 is 1.11. The van der Waals surface area contributed by atoms with Gasteiger partial charge in [-0.2, -0.15) is 14.4 Å². The molecular weight excluding hydrogens is 983 g/mol. The summed E-state index contributed by atoms with van der Waals surface area (Å²) in [6.45, 7) is -1.25. The molecule has 8 rings (SSSR count). The number of nitrogens with zero attached hydrogens (tertiary/aromatic N) is 7. The lowest BCUT2D eigenvalue weighted by Crippen LogP contribution is -2.48. The Bertz CT molecular complexity index is 3410. The van der Waals surface area contributed by atoms with Crippen LogP contribution >= 0.6 is 11.3 Å². The number of para-hydroxylation sites is 1. The van der Waals surface area contributed by atoms with Gasteiger partial charge in [0.15, 0.2) is 5.01 Å². The van der Waals surface area contributed by atoms with E-state index in [1.807, 2.05) is 0 Å². The Labute approximate surface area is 419 Å². The molecule has 0 aliphatic rings. The number of rotatable bonds is 21. The highest BCUT2D eigenvalue weighted by Crippen LogP contribution is 2.44. The quantitative estimate of drug-likeness (QED) is 0.0713. The van der Waals surface area contributed by atoms with Crippen LogP contribution < -0.4 is 24.7 Å². The molecule has 8 aromatic rings. The maximum atomic E-state index is 16.3. The van der Waals surface area contributed by atoms with E-state index in [2.05, 4.69) is 26.1 Å². The summed E-state index contributed by atoms with van der Waals surface area (Å²) < 4.78 is 88.6. The van der Waals surface area contributed by atoms with Gasteiger partial charge in [-0.3, -0.25) is 0 Å². The monoisotopic (exact) mass is 1030 g/mol. The van der Waals surface area contributed by atoms with Gasteiger partial charge in [-0.25, -0.2) is 31.3 Å². The second kappa shape index (κ2) is 22.1. The minimum absolute atomic E-state index is 0.0586. The summed E-state index contributed by atoms with van der Waals surface area (Å²) in [6.07, 6.45) is -2.88. The van der Waals surface area contributed by atoms with Gasteiger partial charge in [0.1, 0.15) is 39.7 Å². The highest BCUT2D eigenvalue weighted by Gasteiger charge is 2.40. The van der Waals surface area contributed by atoms with E-state index < -0.39 is 54.7 Å². The predicted octanol–water partition coefficient (Wildman–Crippen LogP) is 6.30. The Morgan fingerprint density at radius 2 is 1.38 bits per heavy atom. The molecule has 0 aliphatic carbocycles. The third-order valence-corrected chi connectivity index (χ3v) is 15.9. The van der Waals surface area contributed by atoms with Crippen LogP contribution in [0, 0.1) is 11.3 Å². The predicted molar refractivity (Wildman–Crippen MR) is 267 cm³/mol. The number of aliphatic hydroxyl groups excluding tert-OH is 1. The van der Waals surface area contributed by atoms with Crippen molar-refractivity contribution in [2.24, 2.45) is 5.73 Å². The summed E-state index contributed by atoms with van der Waals surface area (Å²) in [5, 5.41) is 35.1. The number of hydrogen-bond donors (Lipinski definition) is 3. The number of nitrogens with two attached hydrogens (primary N) is 1. The number of nitriles is 1. The number of sulfonamides is 2. The van der Waals surface area contributed by atoms with Crippen molar-refractivity contribution in [3.8, 4) is 45.8 Å². The molecule has 22 heteroatoms. The highest BCUT2D eigenvalue weighted by molar-refractivity contribution is 7.92. The molecule has 0 bridgehead atoms. The zero-order valence-electron chi connectivity index (χ0n) is 38.9. The molecule has 0 saturated heterocycles. The van der Waals surface area contributed by atoms with Crippen LogP contribution in [0.3, 0.4) is 0 Å². The number of aliphatic hydroxyl groups is 1. The molecule has 370 valence electrons. The second-order valence-corrected chi connectivity index (χ2v) is 20.8. The molecule has 0 aliphatic heterocycles. The van der Waals surface area contributed by atoms with E-state index in [-0.39, 0.29) is 48.0 Å². The first-order valence-corrected chi connectivity index (χ1v) is 25.7. The molecule has 0 spiro atoms. The van der Waals surface area contributed by atoms with Crippen molar-refractivity contribution in [3.05, 3.63) is 161 Å². The number of carbonyl (C=O) groups excluding carboxylic acids is 1. The molecule has 2 atom stereocenters. The van der Waals surface area contributed by atoms with Crippen LogP contribution in [0.1, 0.15) is 27.3 Å². The third kappa shape index (κ3) is 11.5. The summed E-state index contributed by atoms with van der Waals surface area (Å²) in [5.41, 5.74) is 8.22. The fourth-order valence-corrected chi connectivity index (χ4v) is 12.3. The van der Waals surface area contributed by atoms with Crippen molar-refractivity contribution in [2.75, 3.05) is 27.9 Å². The lowest BCUT2D eigenvalue weighted by molar-refractivity contribution is 0.0852. The lowest BCUT2D eigenvalue weighted by Gasteiger charge is -2.28. The zero-order chi connectivity index (χ0) is 51.0. The van der Waals surface area contributed by atoms with Crippen LogP contribution in [0.4, 0.5) is 4.79 Å². The molecule has 72 heavy (non-hydrogen) atoms. The summed E-state index contributed by atoms with van der Waals surface area (Å²) in [6, 6.07) is 37.3. The van der Waals surface area contributed by atoms with Gasteiger partial charge in [0.05, 0.1) is 55.8 Å². The van der Waals surface area contributed by atoms with E-state index >= 15 is 16.8 Å². The average molecular weight is 1030 g/mol. The molecule has 6 aromatic carbocycles. The maximum Gasteiger partial charge on any atom is 0.404 e. The van der Waals surface area contributed by atoms with Crippen LogP contribution in [-0.2, 0) is 50.8 Å². The number of amides is 1. The van der Waals surface area contributed by atoms with E-state index in [4.69, 9.17) is 29.8 Å². The van der Waals surface area contributed by atoms with Gasteiger partial charge in [-0.15, -0.1) is 21.5 Å². The first kappa shape index (κ1) is 50.6. The van der Waals surface area contributed by atoms with Crippen molar-refractivity contribution in [1.82, 2.24) is 34.2 Å². The number of benzene rings is 6. The Morgan fingerprint density at radius 3 is 1.94 bits per heavy atom.